The van der Waals surface area contributed by atoms with Gasteiger partial charge in [-0.2, -0.15) is 4.98 Å². The highest BCUT2D eigenvalue weighted by atomic mass is 19.1. The number of fused-ring (bicyclic) bond motifs is 1. The monoisotopic (exact) mass is 409 g/mol. The normalized spacial score (nSPS) is 15.4. The van der Waals surface area contributed by atoms with E-state index < -0.39 is 17.8 Å². The van der Waals surface area contributed by atoms with Gasteiger partial charge in [-0.05, 0) is 31.2 Å². The van der Waals surface area contributed by atoms with Gasteiger partial charge in [0.15, 0.2) is 17.3 Å². The van der Waals surface area contributed by atoms with Gasteiger partial charge in [-0.1, -0.05) is 18.2 Å². The molecule has 0 bridgehead atoms. The largest absolute Gasteiger partial charge is 0.493 e. The molecule has 0 aliphatic carbocycles. The molecule has 4 rings (SSSR count). The van der Waals surface area contributed by atoms with E-state index >= 15 is 0 Å². The minimum Gasteiger partial charge on any atom is -0.493 e. The van der Waals surface area contributed by atoms with Gasteiger partial charge in [0.1, 0.15) is 11.9 Å². The van der Waals surface area contributed by atoms with E-state index in [1.165, 1.54) is 17.9 Å². The fourth-order valence-corrected chi connectivity index (χ4v) is 3.55. The van der Waals surface area contributed by atoms with Gasteiger partial charge in [-0.25, -0.2) is 9.07 Å². The minimum absolute atomic E-state index is 0.219. The van der Waals surface area contributed by atoms with Crippen molar-refractivity contribution in [3.05, 3.63) is 65.1 Å². The maximum absolute atomic E-state index is 14.7. The van der Waals surface area contributed by atoms with E-state index in [1.54, 1.807) is 50.4 Å². The highest BCUT2D eigenvalue weighted by Gasteiger charge is 2.34. The number of nitrogens with one attached hydrogen (secondary N) is 1. The van der Waals surface area contributed by atoms with Crippen LogP contribution in [-0.4, -0.2) is 34.9 Å². The van der Waals surface area contributed by atoms with Crippen LogP contribution in [0.2, 0.25) is 0 Å². The lowest BCUT2D eigenvalue weighted by molar-refractivity contribution is -0.115. The van der Waals surface area contributed by atoms with E-state index in [0.29, 0.717) is 34.5 Å². The molecular weight excluding hydrogens is 389 g/mol. The highest BCUT2D eigenvalue weighted by molar-refractivity contribution is 5.95. The number of nitrogens with two attached hydrogens (primary N) is 1. The Balaban J connectivity index is 1.87. The molecule has 0 fully saturated rings. The summed E-state index contributed by atoms with van der Waals surface area (Å²) in [5.74, 6) is 0.704. The number of methoxy groups -OCH3 is 2. The van der Waals surface area contributed by atoms with Crippen molar-refractivity contribution in [3.8, 4) is 22.9 Å². The van der Waals surface area contributed by atoms with Gasteiger partial charge < -0.3 is 20.5 Å². The van der Waals surface area contributed by atoms with Crippen LogP contribution in [0.25, 0.3) is 11.4 Å². The fraction of sp³-hybridized carbons (Fsp3) is 0.190. The van der Waals surface area contributed by atoms with Gasteiger partial charge in [0.25, 0.3) is 0 Å². The molecule has 1 aliphatic rings. The maximum atomic E-state index is 14.7. The number of halogens is 1. The molecular formula is C21H20FN5O3. The van der Waals surface area contributed by atoms with Crippen LogP contribution in [0.3, 0.4) is 0 Å². The number of primary amides is 1. The Morgan fingerprint density at radius 1 is 1.17 bits per heavy atom. The van der Waals surface area contributed by atoms with E-state index in [4.69, 9.17) is 15.2 Å². The summed E-state index contributed by atoms with van der Waals surface area (Å²) >= 11 is 0. The van der Waals surface area contributed by atoms with Crippen molar-refractivity contribution in [3.63, 3.8) is 0 Å². The zero-order chi connectivity index (χ0) is 21.4. The fourth-order valence-electron chi connectivity index (χ4n) is 3.55. The molecule has 3 N–H and O–H groups in total. The Labute approximate surface area is 172 Å². The molecule has 1 aliphatic heterocycles. The van der Waals surface area contributed by atoms with Crippen LogP contribution in [0.4, 0.5) is 10.3 Å². The highest BCUT2D eigenvalue weighted by Crippen LogP contribution is 2.38. The zero-order valence-corrected chi connectivity index (χ0v) is 16.6. The Morgan fingerprint density at radius 2 is 1.90 bits per heavy atom. The number of hydrogen-bond donors (Lipinski definition) is 2. The Hall–Kier alpha value is -3.88. The lowest BCUT2D eigenvalue weighted by atomic mass is 9.95. The Kier molecular flexibility index (Phi) is 4.86. The van der Waals surface area contributed by atoms with Gasteiger partial charge in [0, 0.05) is 16.8 Å². The number of carbonyl (C=O) groups is 1. The molecule has 2 heterocycles. The van der Waals surface area contributed by atoms with Gasteiger partial charge in [-0.15, -0.1) is 5.10 Å². The van der Waals surface area contributed by atoms with Gasteiger partial charge in [0.2, 0.25) is 11.9 Å². The van der Waals surface area contributed by atoms with Crippen molar-refractivity contribution in [2.24, 2.45) is 5.73 Å². The SMILES string of the molecule is COc1ccc(-c2nc3n(n2)[C@H](c2ccccc2F)C(C(N)=O)=C(C)N3)cc1OC. The van der Waals surface area contributed by atoms with Crippen molar-refractivity contribution in [1.82, 2.24) is 14.8 Å². The van der Waals surface area contributed by atoms with E-state index in [9.17, 15) is 9.18 Å². The average Bonchev–Trinajstić information content (AvgIpc) is 3.16. The predicted molar refractivity (Wildman–Crippen MR) is 109 cm³/mol. The number of nitrogens with zero attached hydrogens (tertiary/aromatic N) is 3. The summed E-state index contributed by atoms with van der Waals surface area (Å²) in [5.41, 5.74) is 7.29. The molecule has 1 atom stereocenters. The van der Waals surface area contributed by atoms with E-state index in [-0.39, 0.29) is 11.1 Å². The maximum Gasteiger partial charge on any atom is 0.248 e. The summed E-state index contributed by atoms with van der Waals surface area (Å²) < 4.78 is 26.7. The van der Waals surface area contributed by atoms with Crippen LogP contribution >= 0.6 is 0 Å². The first-order chi connectivity index (χ1) is 14.4. The van der Waals surface area contributed by atoms with Crippen molar-refractivity contribution >= 4 is 11.9 Å². The number of ether oxygens (including phenoxy) is 2. The lowest BCUT2D eigenvalue weighted by Gasteiger charge is -2.27. The first-order valence-electron chi connectivity index (χ1n) is 9.15. The molecule has 0 spiro atoms. The topological polar surface area (TPSA) is 104 Å². The second-order valence-electron chi connectivity index (χ2n) is 6.73. The molecule has 0 radical (unpaired) electrons. The number of aromatic nitrogens is 3. The third-order valence-electron chi connectivity index (χ3n) is 4.96. The summed E-state index contributed by atoms with van der Waals surface area (Å²) in [6.45, 7) is 1.70. The van der Waals surface area contributed by atoms with Crippen LogP contribution in [0.1, 0.15) is 18.5 Å². The molecule has 8 nitrogen and oxygen atoms in total. The van der Waals surface area contributed by atoms with Crippen LogP contribution in [-0.2, 0) is 4.79 Å². The minimum atomic E-state index is -0.846. The summed E-state index contributed by atoms with van der Waals surface area (Å²) in [6.07, 6.45) is 0. The third kappa shape index (κ3) is 3.14. The van der Waals surface area contributed by atoms with E-state index in [0.717, 1.165) is 0 Å². The number of anilines is 1. The molecule has 2 aromatic carbocycles. The number of benzene rings is 2. The summed E-state index contributed by atoms with van der Waals surface area (Å²) in [4.78, 5) is 16.7. The second-order valence-corrected chi connectivity index (χ2v) is 6.73. The molecule has 3 aromatic rings. The van der Waals surface area contributed by atoms with Crippen LogP contribution in [0.5, 0.6) is 11.5 Å². The number of hydrogen-bond acceptors (Lipinski definition) is 6. The molecule has 0 saturated carbocycles. The molecule has 9 heteroatoms. The Morgan fingerprint density at radius 3 is 2.57 bits per heavy atom. The Bertz CT molecular complexity index is 1170. The van der Waals surface area contributed by atoms with E-state index in [1.807, 2.05) is 0 Å². The van der Waals surface area contributed by atoms with Crippen LogP contribution in [0.15, 0.2) is 53.7 Å². The average molecular weight is 409 g/mol. The van der Waals surface area contributed by atoms with Crippen LogP contribution in [0, 0.1) is 5.82 Å². The van der Waals surface area contributed by atoms with Crippen molar-refractivity contribution in [2.45, 2.75) is 13.0 Å². The number of allylic oxidation sites excluding steroid dienone is 1. The molecule has 154 valence electrons. The van der Waals surface area contributed by atoms with Gasteiger partial charge in [-0.3, -0.25) is 4.79 Å². The molecule has 0 unspecified atom stereocenters. The first-order valence-corrected chi connectivity index (χ1v) is 9.15. The van der Waals surface area contributed by atoms with Crippen molar-refractivity contribution in [2.75, 3.05) is 19.5 Å². The van der Waals surface area contributed by atoms with Crippen molar-refractivity contribution < 1.29 is 18.7 Å². The van der Waals surface area contributed by atoms with E-state index in [2.05, 4.69) is 15.4 Å². The molecule has 1 aromatic heterocycles. The summed E-state index contributed by atoms with van der Waals surface area (Å²) in [6, 6.07) is 10.6. The summed E-state index contributed by atoms with van der Waals surface area (Å²) in [5, 5.41) is 7.60. The third-order valence-corrected chi connectivity index (χ3v) is 4.96. The van der Waals surface area contributed by atoms with Crippen LogP contribution < -0.4 is 20.5 Å². The number of carbonyl (C=O) groups excluding carboxylic acids is 1. The number of amides is 1. The first kappa shape index (κ1) is 19.4. The standard InChI is InChI=1S/C21H20FN5O3/c1-11-17(19(23)28)18(13-6-4-5-7-14(13)22)27-21(24-11)25-20(26-27)12-8-9-15(29-2)16(10-12)30-3/h4-10,18H,1-3H3,(H2,23,28)(H,24,25,26)/t18-/m1/s1. The lowest BCUT2D eigenvalue weighted by Crippen LogP contribution is -2.32. The second kappa shape index (κ2) is 7.51. The molecule has 1 amide bonds. The van der Waals surface area contributed by atoms with Crippen molar-refractivity contribution in [1.29, 1.82) is 0 Å². The number of rotatable bonds is 5. The van der Waals surface area contributed by atoms with Gasteiger partial charge >= 0.3 is 0 Å². The summed E-state index contributed by atoms with van der Waals surface area (Å²) in [7, 11) is 3.09. The predicted octanol–water partition coefficient (Wildman–Crippen LogP) is 2.88. The molecule has 30 heavy (non-hydrogen) atoms. The molecule has 0 saturated heterocycles. The quantitative estimate of drug-likeness (QED) is 0.672. The van der Waals surface area contributed by atoms with Gasteiger partial charge in [0.05, 0.1) is 19.8 Å². The zero-order valence-electron chi connectivity index (χ0n) is 16.6. The smallest absolute Gasteiger partial charge is 0.248 e.